The van der Waals surface area contributed by atoms with Crippen LogP contribution in [-0.4, -0.2) is 16.1 Å². The molecule has 0 saturated carbocycles. The Balaban J connectivity index is 1.67. The Bertz CT molecular complexity index is 786. The first kappa shape index (κ1) is 14.0. The van der Waals surface area contributed by atoms with Gasteiger partial charge in [-0.1, -0.05) is 47.7 Å². The second-order valence-electron chi connectivity index (χ2n) is 4.25. The van der Waals surface area contributed by atoms with E-state index in [1.54, 1.807) is 24.3 Å². The SMILES string of the molecule is O=C(Nc1nnc(N=Nc2ccccc2)s1)c1ccccc1. The molecular weight excluding hydrogens is 298 g/mol. The number of benzene rings is 2. The van der Waals surface area contributed by atoms with Gasteiger partial charge in [-0.05, 0) is 24.3 Å². The van der Waals surface area contributed by atoms with E-state index >= 15 is 0 Å². The van der Waals surface area contributed by atoms with Crippen molar-refractivity contribution in [3.8, 4) is 0 Å². The number of nitrogens with one attached hydrogen (secondary N) is 1. The quantitative estimate of drug-likeness (QED) is 0.733. The molecule has 0 aliphatic carbocycles. The van der Waals surface area contributed by atoms with Gasteiger partial charge in [-0.15, -0.1) is 20.4 Å². The highest BCUT2D eigenvalue weighted by molar-refractivity contribution is 7.18. The molecule has 0 unspecified atom stereocenters. The summed E-state index contributed by atoms with van der Waals surface area (Å²) in [6.45, 7) is 0. The van der Waals surface area contributed by atoms with Crippen LogP contribution >= 0.6 is 11.3 Å². The zero-order valence-corrected chi connectivity index (χ0v) is 12.2. The van der Waals surface area contributed by atoms with Crippen molar-refractivity contribution < 1.29 is 4.79 Å². The lowest BCUT2D eigenvalue weighted by Crippen LogP contribution is -2.11. The lowest BCUT2D eigenvalue weighted by Gasteiger charge is -1.99. The lowest BCUT2D eigenvalue weighted by molar-refractivity contribution is 0.102. The molecule has 0 spiro atoms. The smallest absolute Gasteiger partial charge is 0.257 e. The Labute approximate surface area is 130 Å². The van der Waals surface area contributed by atoms with Gasteiger partial charge in [0.05, 0.1) is 5.69 Å². The molecule has 1 amide bonds. The number of nitrogens with zero attached hydrogens (tertiary/aromatic N) is 4. The van der Waals surface area contributed by atoms with Crippen LogP contribution < -0.4 is 5.32 Å². The zero-order valence-electron chi connectivity index (χ0n) is 11.4. The Morgan fingerprint density at radius 2 is 1.59 bits per heavy atom. The number of carbonyl (C=O) groups is 1. The first-order valence-electron chi connectivity index (χ1n) is 6.48. The standard InChI is InChI=1S/C15H11N5OS/c21-13(11-7-3-1-4-8-11)16-14-18-20-15(22-14)19-17-12-9-5-2-6-10-12/h1-10H,(H,16,18,21). The number of amides is 1. The van der Waals surface area contributed by atoms with Crippen LogP contribution in [0.4, 0.5) is 16.0 Å². The second-order valence-corrected chi connectivity index (χ2v) is 5.20. The van der Waals surface area contributed by atoms with Crippen LogP contribution in [0.3, 0.4) is 0 Å². The molecule has 2 aromatic carbocycles. The highest BCUT2D eigenvalue weighted by Gasteiger charge is 2.09. The maximum Gasteiger partial charge on any atom is 0.257 e. The van der Waals surface area contributed by atoms with Crippen molar-refractivity contribution in [3.05, 3.63) is 66.2 Å². The van der Waals surface area contributed by atoms with Crippen LogP contribution in [-0.2, 0) is 0 Å². The molecule has 0 atom stereocenters. The van der Waals surface area contributed by atoms with Crippen molar-refractivity contribution in [2.45, 2.75) is 0 Å². The van der Waals surface area contributed by atoms with Gasteiger partial charge in [-0.3, -0.25) is 10.1 Å². The van der Waals surface area contributed by atoms with E-state index in [0.29, 0.717) is 15.8 Å². The molecule has 108 valence electrons. The molecule has 1 heterocycles. The summed E-state index contributed by atoms with van der Waals surface area (Å²) >= 11 is 1.16. The van der Waals surface area contributed by atoms with Crippen molar-refractivity contribution in [2.24, 2.45) is 10.2 Å². The summed E-state index contributed by atoms with van der Waals surface area (Å²) in [4.78, 5) is 12.0. The van der Waals surface area contributed by atoms with E-state index in [2.05, 4.69) is 25.7 Å². The maximum atomic E-state index is 12.0. The Hall–Kier alpha value is -2.93. The average Bonchev–Trinajstić information content (AvgIpc) is 3.02. The molecule has 1 aromatic heterocycles. The Morgan fingerprint density at radius 1 is 0.909 bits per heavy atom. The van der Waals surface area contributed by atoms with Gasteiger partial charge in [-0.25, -0.2) is 0 Å². The van der Waals surface area contributed by atoms with E-state index in [0.717, 1.165) is 17.0 Å². The number of hydrogen-bond acceptors (Lipinski definition) is 6. The van der Waals surface area contributed by atoms with Gasteiger partial charge in [-0.2, -0.15) is 0 Å². The van der Waals surface area contributed by atoms with Gasteiger partial charge in [0, 0.05) is 5.56 Å². The summed E-state index contributed by atoms with van der Waals surface area (Å²) < 4.78 is 0. The molecule has 0 saturated heterocycles. The third-order valence-corrected chi connectivity index (χ3v) is 3.40. The summed E-state index contributed by atoms with van der Waals surface area (Å²) in [5.41, 5.74) is 1.29. The summed E-state index contributed by atoms with van der Waals surface area (Å²) in [6, 6.07) is 18.2. The van der Waals surface area contributed by atoms with Gasteiger partial charge in [0.25, 0.3) is 11.0 Å². The van der Waals surface area contributed by atoms with Crippen LogP contribution in [0.2, 0.25) is 0 Å². The first-order chi connectivity index (χ1) is 10.8. The summed E-state index contributed by atoms with van der Waals surface area (Å²) in [7, 11) is 0. The first-order valence-corrected chi connectivity index (χ1v) is 7.29. The number of rotatable bonds is 4. The van der Waals surface area contributed by atoms with E-state index in [1.165, 1.54) is 0 Å². The van der Waals surface area contributed by atoms with Gasteiger partial charge < -0.3 is 0 Å². The molecule has 0 fully saturated rings. The van der Waals surface area contributed by atoms with Gasteiger partial charge in [0.1, 0.15) is 0 Å². The normalized spacial score (nSPS) is 10.7. The zero-order chi connectivity index (χ0) is 15.2. The minimum absolute atomic E-state index is 0.233. The van der Waals surface area contributed by atoms with Crippen LogP contribution in [0.1, 0.15) is 10.4 Å². The van der Waals surface area contributed by atoms with E-state index in [1.807, 2.05) is 36.4 Å². The highest BCUT2D eigenvalue weighted by Crippen LogP contribution is 2.25. The molecule has 0 bridgehead atoms. The molecule has 3 rings (SSSR count). The number of carbonyl (C=O) groups excluding carboxylic acids is 1. The predicted octanol–water partition coefficient (Wildman–Crippen LogP) is 4.21. The summed E-state index contributed by atoms with van der Waals surface area (Å²) in [6.07, 6.45) is 0. The minimum atomic E-state index is -0.233. The van der Waals surface area contributed by atoms with Crippen LogP contribution in [0, 0.1) is 0 Å². The van der Waals surface area contributed by atoms with Crippen molar-refractivity contribution in [1.29, 1.82) is 0 Å². The number of azo groups is 1. The number of aromatic nitrogens is 2. The fourth-order valence-corrected chi connectivity index (χ4v) is 2.22. The third-order valence-electron chi connectivity index (χ3n) is 2.68. The average molecular weight is 309 g/mol. The molecular formula is C15H11N5OS. The topological polar surface area (TPSA) is 79.6 Å². The molecule has 0 radical (unpaired) electrons. The second kappa shape index (κ2) is 6.68. The lowest BCUT2D eigenvalue weighted by atomic mass is 10.2. The monoisotopic (exact) mass is 309 g/mol. The predicted molar refractivity (Wildman–Crippen MR) is 84.9 cm³/mol. The molecule has 6 nitrogen and oxygen atoms in total. The van der Waals surface area contributed by atoms with Crippen LogP contribution in [0.25, 0.3) is 0 Å². The Morgan fingerprint density at radius 3 is 2.32 bits per heavy atom. The minimum Gasteiger partial charge on any atom is -0.296 e. The van der Waals surface area contributed by atoms with E-state index in [-0.39, 0.29) is 5.91 Å². The molecule has 3 aromatic rings. The number of hydrogen-bond donors (Lipinski definition) is 1. The molecule has 22 heavy (non-hydrogen) atoms. The van der Waals surface area contributed by atoms with E-state index in [9.17, 15) is 4.79 Å². The Kier molecular flexibility index (Phi) is 4.26. The summed E-state index contributed by atoms with van der Waals surface area (Å²) in [5.74, 6) is -0.233. The molecule has 0 aliphatic rings. The van der Waals surface area contributed by atoms with Crippen molar-refractivity contribution >= 4 is 33.2 Å². The molecule has 7 heteroatoms. The highest BCUT2D eigenvalue weighted by atomic mass is 32.1. The van der Waals surface area contributed by atoms with Gasteiger partial charge in [0.2, 0.25) is 5.13 Å². The number of anilines is 1. The molecule has 1 N–H and O–H groups in total. The van der Waals surface area contributed by atoms with E-state index < -0.39 is 0 Å². The van der Waals surface area contributed by atoms with Crippen LogP contribution in [0.15, 0.2) is 70.9 Å². The summed E-state index contributed by atoms with van der Waals surface area (Å²) in [5, 5.41) is 19.2. The fraction of sp³-hybridized carbons (Fsp3) is 0. The van der Waals surface area contributed by atoms with Gasteiger partial charge in [0.15, 0.2) is 0 Å². The van der Waals surface area contributed by atoms with Gasteiger partial charge >= 0.3 is 0 Å². The van der Waals surface area contributed by atoms with Crippen molar-refractivity contribution in [2.75, 3.05) is 5.32 Å². The third kappa shape index (κ3) is 3.58. The van der Waals surface area contributed by atoms with Crippen LogP contribution in [0.5, 0.6) is 0 Å². The maximum absolute atomic E-state index is 12.0. The molecule has 0 aliphatic heterocycles. The van der Waals surface area contributed by atoms with E-state index in [4.69, 9.17) is 0 Å². The van der Waals surface area contributed by atoms with Crippen molar-refractivity contribution in [3.63, 3.8) is 0 Å². The van der Waals surface area contributed by atoms with Crippen molar-refractivity contribution in [1.82, 2.24) is 10.2 Å². The fourth-order valence-electron chi connectivity index (χ4n) is 1.66. The largest absolute Gasteiger partial charge is 0.296 e.